The minimum absolute atomic E-state index is 0.163. The lowest BCUT2D eigenvalue weighted by molar-refractivity contribution is -0.121. The molecule has 1 N–H and O–H groups in total. The quantitative estimate of drug-likeness (QED) is 0.417. The Labute approximate surface area is 170 Å². The third kappa shape index (κ3) is 4.85. The molecule has 0 bridgehead atoms. The minimum atomic E-state index is -0.692. The standard InChI is InChI=1S/C22H30N4O3/c1-3-13-25-18-10-4-5-11-19(18)26(22(29)21(25)28)16-20(27)23-12-8-15-24-14-7-6-9-17(24)2/h3-5,10-11,17H,1,6-9,12-16H2,2H3,(H,23,27)/t17-/m0/s1. The highest BCUT2D eigenvalue weighted by Crippen LogP contribution is 2.16. The summed E-state index contributed by atoms with van der Waals surface area (Å²) in [5.41, 5.74) is -0.154. The molecular weight excluding hydrogens is 368 g/mol. The molecule has 1 fully saturated rings. The van der Waals surface area contributed by atoms with E-state index in [1.54, 1.807) is 30.3 Å². The second-order valence-corrected chi connectivity index (χ2v) is 7.67. The van der Waals surface area contributed by atoms with E-state index in [1.165, 1.54) is 28.4 Å². The second-order valence-electron chi connectivity index (χ2n) is 7.67. The van der Waals surface area contributed by atoms with Crippen molar-refractivity contribution in [1.82, 2.24) is 19.4 Å². The van der Waals surface area contributed by atoms with Gasteiger partial charge in [-0.3, -0.25) is 23.5 Å². The van der Waals surface area contributed by atoms with Crippen LogP contribution in [-0.4, -0.2) is 45.6 Å². The van der Waals surface area contributed by atoms with Crippen molar-refractivity contribution in [3.63, 3.8) is 0 Å². The van der Waals surface area contributed by atoms with Crippen LogP contribution in [0.1, 0.15) is 32.6 Å². The largest absolute Gasteiger partial charge is 0.355 e. The molecule has 0 aliphatic carbocycles. The molecule has 1 aromatic heterocycles. The van der Waals surface area contributed by atoms with Gasteiger partial charge in [0.05, 0.1) is 11.0 Å². The number of amides is 1. The number of nitrogens with zero attached hydrogens (tertiary/aromatic N) is 3. The van der Waals surface area contributed by atoms with E-state index in [0.29, 0.717) is 23.6 Å². The molecule has 1 aromatic carbocycles. The predicted octanol–water partition coefficient (Wildman–Crippen LogP) is 1.73. The number of rotatable bonds is 8. The van der Waals surface area contributed by atoms with E-state index in [2.05, 4.69) is 23.7 Å². The summed E-state index contributed by atoms with van der Waals surface area (Å²) in [5, 5.41) is 2.89. The van der Waals surface area contributed by atoms with Gasteiger partial charge in [0.15, 0.2) is 0 Å². The van der Waals surface area contributed by atoms with Crippen LogP contribution in [0.4, 0.5) is 0 Å². The van der Waals surface area contributed by atoms with Crippen LogP contribution < -0.4 is 16.4 Å². The minimum Gasteiger partial charge on any atom is -0.355 e. The molecule has 0 unspecified atom stereocenters. The van der Waals surface area contributed by atoms with Crippen LogP contribution in [-0.2, 0) is 17.9 Å². The summed E-state index contributed by atoms with van der Waals surface area (Å²) in [4.78, 5) is 40.0. The molecule has 1 aliphatic heterocycles. The highest BCUT2D eigenvalue weighted by molar-refractivity contribution is 5.80. The van der Waals surface area contributed by atoms with Crippen LogP contribution in [0.15, 0.2) is 46.5 Å². The van der Waals surface area contributed by atoms with Crippen molar-refractivity contribution in [1.29, 1.82) is 0 Å². The smallest absolute Gasteiger partial charge is 0.317 e. The van der Waals surface area contributed by atoms with Crippen molar-refractivity contribution in [2.45, 2.75) is 51.7 Å². The number of nitrogens with one attached hydrogen (secondary N) is 1. The maximum Gasteiger partial charge on any atom is 0.317 e. The van der Waals surface area contributed by atoms with E-state index in [9.17, 15) is 14.4 Å². The first-order valence-corrected chi connectivity index (χ1v) is 10.4. The van der Waals surface area contributed by atoms with Crippen molar-refractivity contribution in [3.8, 4) is 0 Å². The molecule has 7 heteroatoms. The molecule has 7 nitrogen and oxygen atoms in total. The van der Waals surface area contributed by atoms with Crippen molar-refractivity contribution in [2.75, 3.05) is 19.6 Å². The van der Waals surface area contributed by atoms with E-state index in [4.69, 9.17) is 0 Å². The average Bonchev–Trinajstić information content (AvgIpc) is 2.73. The summed E-state index contributed by atoms with van der Waals surface area (Å²) in [7, 11) is 0. The van der Waals surface area contributed by atoms with Gasteiger partial charge in [0.2, 0.25) is 5.91 Å². The van der Waals surface area contributed by atoms with Gasteiger partial charge in [-0.2, -0.15) is 0 Å². The van der Waals surface area contributed by atoms with Crippen LogP contribution >= 0.6 is 0 Å². The van der Waals surface area contributed by atoms with Crippen LogP contribution in [0.5, 0.6) is 0 Å². The van der Waals surface area contributed by atoms with Gasteiger partial charge in [0.25, 0.3) is 0 Å². The average molecular weight is 399 g/mol. The summed E-state index contributed by atoms with van der Waals surface area (Å²) in [6.07, 6.45) is 6.21. The van der Waals surface area contributed by atoms with Gasteiger partial charge in [-0.1, -0.05) is 24.6 Å². The van der Waals surface area contributed by atoms with Crippen molar-refractivity contribution < 1.29 is 4.79 Å². The number of allylic oxidation sites excluding steroid dienone is 1. The zero-order valence-corrected chi connectivity index (χ0v) is 17.1. The molecule has 29 heavy (non-hydrogen) atoms. The van der Waals surface area contributed by atoms with Crippen molar-refractivity contribution >= 4 is 16.9 Å². The SMILES string of the molecule is C=CCn1c(=O)c(=O)n(CC(=O)NCCCN2CCCC[C@@H]2C)c2ccccc21. The third-order valence-electron chi connectivity index (χ3n) is 5.63. The highest BCUT2D eigenvalue weighted by atomic mass is 16.2. The van der Waals surface area contributed by atoms with E-state index in [-0.39, 0.29) is 19.0 Å². The van der Waals surface area contributed by atoms with Gasteiger partial charge >= 0.3 is 11.1 Å². The van der Waals surface area contributed by atoms with Crippen LogP contribution in [0, 0.1) is 0 Å². The summed E-state index contributed by atoms with van der Waals surface area (Å²) in [6, 6.07) is 7.72. The predicted molar refractivity (Wildman–Crippen MR) is 115 cm³/mol. The first-order valence-electron chi connectivity index (χ1n) is 10.4. The number of carbonyl (C=O) groups excluding carboxylic acids is 1. The number of aromatic nitrogens is 2. The number of hydrogen-bond donors (Lipinski definition) is 1. The van der Waals surface area contributed by atoms with Gasteiger partial charge < -0.3 is 10.2 Å². The van der Waals surface area contributed by atoms with Crippen LogP contribution in [0.25, 0.3) is 11.0 Å². The monoisotopic (exact) mass is 398 g/mol. The summed E-state index contributed by atoms with van der Waals surface area (Å²) in [6.45, 7) is 8.63. The molecule has 0 radical (unpaired) electrons. The lowest BCUT2D eigenvalue weighted by Crippen LogP contribution is -2.44. The maximum absolute atomic E-state index is 12.6. The first-order chi connectivity index (χ1) is 14.0. The summed E-state index contributed by atoms with van der Waals surface area (Å²) in [5.74, 6) is -0.259. The number of para-hydroxylation sites is 2. The molecule has 3 rings (SSSR count). The van der Waals surface area contributed by atoms with Gasteiger partial charge in [0, 0.05) is 25.7 Å². The molecule has 0 saturated carbocycles. The Bertz CT molecular complexity index is 992. The molecule has 2 heterocycles. The molecule has 1 aliphatic rings. The number of likely N-dealkylation sites (tertiary alicyclic amines) is 1. The Morgan fingerprint density at radius 3 is 2.55 bits per heavy atom. The molecule has 156 valence electrons. The van der Waals surface area contributed by atoms with Crippen LogP contribution in [0.3, 0.4) is 0 Å². The molecule has 1 atom stereocenters. The fraction of sp³-hybridized carbons (Fsp3) is 0.500. The Morgan fingerprint density at radius 1 is 1.17 bits per heavy atom. The van der Waals surface area contributed by atoms with Gasteiger partial charge in [-0.15, -0.1) is 6.58 Å². The Hall–Kier alpha value is -2.67. The highest BCUT2D eigenvalue weighted by Gasteiger charge is 2.18. The fourth-order valence-corrected chi connectivity index (χ4v) is 4.04. The fourth-order valence-electron chi connectivity index (χ4n) is 4.04. The Balaban J connectivity index is 1.67. The van der Waals surface area contributed by atoms with E-state index in [0.717, 1.165) is 19.5 Å². The number of hydrogen-bond acceptors (Lipinski definition) is 4. The molecular formula is C22H30N4O3. The number of fused-ring (bicyclic) bond motifs is 1. The Kier molecular flexibility index (Phi) is 7.04. The first kappa shape index (κ1) is 21.0. The van der Waals surface area contributed by atoms with E-state index >= 15 is 0 Å². The number of carbonyl (C=O) groups is 1. The van der Waals surface area contributed by atoms with Gasteiger partial charge in [-0.25, -0.2) is 0 Å². The molecule has 2 aromatic rings. The molecule has 1 amide bonds. The summed E-state index contributed by atoms with van der Waals surface area (Å²) >= 11 is 0. The van der Waals surface area contributed by atoms with Crippen molar-refractivity contribution in [2.24, 2.45) is 0 Å². The van der Waals surface area contributed by atoms with Crippen LogP contribution in [0.2, 0.25) is 0 Å². The lowest BCUT2D eigenvalue weighted by atomic mass is 10.0. The van der Waals surface area contributed by atoms with Gasteiger partial charge in [0.1, 0.15) is 6.54 Å². The second kappa shape index (κ2) is 9.69. The normalized spacial score (nSPS) is 17.3. The molecule has 0 spiro atoms. The Morgan fingerprint density at radius 2 is 1.86 bits per heavy atom. The zero-order valence-electron chi connectivity index (χ0n) is 17.1. The lowest BCUT2D eigenvalue weighted by Gasteiger charge is -2.33. The maximum atomic E-state index is 12.6. The zero-order chi connectivity index (χ0) is 20.8. The van der Waals surface area contributed by atoms with E-state index < -0.39 is 11.1 Å². The number of piperidine rings is 1. The number of benzene rings is 1. The topological polar surface area (TPSA) is 76.3 Å². The van der Waals surface area contributed by atoms with E-state index in [1.807, 2.05) is 0 Å². The third-order valence-corrected chi connectivity index (χ3v) is 5.63. The summed E-state index contributed by atoms with van der Waals surface area (Å²) < 4.78 is 2.65. The van der Waals surface area contributed by atoms with Crippen molar-refractivity contribution in [3.05, 3.63) is 57.6 Å². The molecule has 1 saturated heterocycles. The van der Waals surface area contributed by atoms with Gasteiger partial charge in [-0.05, 0) is 44.9 Å².